The summed E-state index contributed by atoms with van der Waals surface area (Å²) in [6.45, 7) is 0. The molecule has 4 heteroatoms. The molecule has 2 heterocycles. The lowest BCUT2D eigenvalue weighted by atomic mass is 10.1. The third kappa shape index (κ3) is 1.53. The van der Waals surface area contributed by atoms with Crippen LogP contribution in [0, 0.1) is 0 Å². The van der Waals surface area contributed by atoms with Crippen molar-refractivity contribution in [2.75, 3.05) is 5.73 Å². The molecular formula is C12H9N3S. The van der Waals surface area contributed by atoms with Crippen LogP contribution in [0.25, 0.3) is 21.3 Å². The van der Waals surface area contributed by atoms with Gasteiger partial charge in [-0.3, -0.25) is 4.98 Å². The van der Waals surface area contributed by atoms with E-state index in [0.717, 1.165) is 16.0 Å². The van der Waals surface area contributed by atoms with Gasteiger partial charge in [0, 0.05) is 28.7 Å². The van der Waals surface area contributed by atoms with Gasteiger partial charge in [0.2, 0.25) is 0 Å². The quantitative estimate of drug-likeness (QED) is 0.695. The molecule has 16 heavy (non-hydrogen) atoms. The highest BCUT2D eigenvalue weighted by molar-refractivity contribution is 7.13. The Labute approximate surface area is 96.6 Å². The highest BCUT2D eigenvalue weighted by Gasteiger charge is 2.03. The summed E-state index contributed by atoms with van der Waals surface area (Å²) in [6.07, 6.45) is 3.65. The average molecular weight is 227 g/mol. The van der Waals surface area contributed by atoms with Crippen molar-refractivity contribution < 1.29 is 0 Å². The fourth-order valence-corrected chi connectivity index (χ4v) is 2.34. The Balaban J connectivity index is 2.18. The Hall–Kier alpha value is -1.94. The van der Waals surface area contributed by atoms with Crippen molar-refractivity contribution in [3.8, 4) is 10.6 Å². The molecule has 0 aliphatic rings. The second-order valence-corrected chi connectivity index (χ2v) is 4.37. The van der Waals surface area contributed by atoms with Gasteiger partial charge in [0.25, 0.3) is 0 Å². The van der Waals surface area contributed by atoms with Gasteiger partial charge < -0.3 is 5.73 Å². The van der Waals surface area contributed by atoms with Crippen LogP contribution in [0.4, 0.5) is 5.82 Å². The molecule has 1 aromatic carbocycles. The van der Waals surface area contributed by atoms with Crippen molar-refractivity contribution in [1.82, 2.24) is 9.97 Å². The van der Waals surface area contributed by atoms with Crippen LogP contribution in [0.1, 0.15) is 0 Å². The van der Waals surface area contributed by atoms with Crippen molar-refractivity contribution in [2.45, 2.75) is 0 Å². The lowest BCUT2D eigenvalue weighted by Crippen LogP contribution is -1.83. The number of thiazole rings is 1. The van der Waals surface area contributed by atoms with Gasteiger partial charge in [-0.1, -0.05) is 12.1 Å². The van der Waals surface area contributed by atoms with E-state index < -0.39 is 0 Å². The minimum atomic E-state index is 0.579. The highest BCUT2D eigenvalue weighted by atomic mass is 32.1. The minimum absolute atomic E-state index is 0.579. The monoisotopic (exact) mass is 227 g/mol. The van der Waals surface area contributed by atoms with Gasteiger partial charge in [0.05, 0.1) is 0 Å². The molecule has 0 atom stereocenters. The van der Waals surface area contributed by atoms with Crippen molar-refractivity contribution in [3.05, 3.63) is 42.0 Å². The molecule has 2 aromatic heterocycles. The van der Waals surface area contributed by atoms with E-state index in [2.05, 4.69) is 22.1 Å². The van der Waals surface area contributed by atoms with E-state index >= 15 is 0 Å². The number of nitrogens with two attached hydrogens (primary N) is 1. The number of nitrogens with zero attached hydrogens (tertiary/aromatic N) is 2. The number of nitrogen functional groups attached to an aromatic ring is 1. The number of anilines is 1. The summed E-state index contributed by atoms with van der Waals surface area (Å²) >= 11 is 1.56. The molecule has 0 unspecified atom stereocenters. The van der Waals surface area contributed by atoms with Crippen LogP contribution in [0.2, 0.25) is 0 Å². The number of fused-ring (bicyclic) bond motifs is 1. The molecule has 78 valence electrons. The molecule has 0 fully saturated rings. The van der Waals surface area contributed by atoms with E-state index in [9.17, 15) is 0 Å². The fraction of sp³-hybridized carbons (Fsp3) is 0. The maximum Gasteiger partial charge on any atom is 0.135 e. The van der Waals surface area contributed by atoms with Gasteiger partial charge in [-0.15, -0.1) is 11.3 Å². The minimum Gasteiger partial charge on any atom is -0.383 e. The van der Waals surface area contributed by atoms with Crippen LogP contribution in [-0.4, -0.2) is 9.97 Å². The molecule has 0 aliphatic heterocycles. The zero-order valence-electron chi connectivity index (χ0n) is 8.42. The van der Waals surface area contributed by atoms with Crippen LogP contribution >= 0.6 is 11.3 Å². The molecular weight excluding hydrogens is 218 g/mol. The topological polar surface area (TPSA) is 51.8 Å². The Morgan fingerprint density at radius 3 is 2.88 bits per heavy atom. The van der Waals surface area contributed by atoms with E-state index in [0.29, 0.717) is 5.82 Å². The van der Waals surface area contributed by atoms with E-state index in [-0.39, 0.29) is 0 Å². The number of benzene rings is 1. The van der Waals surface area contributed by atoms with E-state index in [1.807, 2.05) is 23.7 Å². The molecule has 0 saturated heterocycles. The highest BCUT2D eigenvalue weighted by Crippen LogP contribution is 2.27. The number of aromatic nitrogens is 2. The maximum absolute atomic E-state index is 5.62. The standard InChI is InChI=1S/C12H9N3S/c13-11-7-16-12(15-11)9-1-2-10-6-14-4-3-8(10)5-9/h1-7H,13H2. The Bertz CT molecular complexity index is 645. The van der Waals surface area contributed by atoms with Crippen LogP contribution < -0.4 is 5.73 Å². The second kappa shape index (κ2) is 3.57. The Kier molecular flexibility index (Phi) is 2.08. The summed E-state index contributed by atoms with van der Waals surface area (Å²) in [7, 11) is 0. The Morgan fingerprint density at radius 2 is 2.06 bits per heavy atom. The lowest BCUT2D eigenvalue weighted by Gasteiger charge is -1.99. The fourth-order valence-electron chi connectivity index (χ4n) is 1.64. The van der Waals surface area contributed by atoms with Gasteiger partial charge >= 0.3 is 0 Å². The first-order valence-electron chi connectivity index (χ1n) is 4.88. The van der Waals surface area contributed by atoms with Crippen molar-refractivity contribution in [3.63, 3.8) is 0 Å². The van der Waals surface area contributed by atoms with Gasteiger partial charge in [-0.25, -0.2) is 4.98 Å². The zero-order chi connectivity index (χ0) is 11.0. The van der Waals surface area contributed by atoms with Gasteiger partial charge in [-0.05, 0) is 17.5 Å². The van der Waals surface area contributed by atoms with Gasteiger partial charge in [0.15, 0.2) is 0 Å². The van der Waals surface area contributed by atoms with E-state index in [1.54, 1.807) is 17.5 Å². The van der Waals surface area contributed by atoms with Gasteiger partial charge in [-0.2, -0.15) is 0 Å². The third-order valence-electron chi connectivity index (χ3n) is 2.41. The largest absolute Gasteiger partial charge is 0.383 e. The molecule has 3 nitrogen and oxygen atoms in total. The van der Waals surface area contributed by atoms with Crippen LogP contribution in [0.3, 0.4) is 0 Å². The number of rotatable bonds is 1. The molecule has 3 rings (SSSR count). The van der Waals surface area contributed by atoms with E-state index in [4.69, 9.17) is 5.73 Å². The first-order chi connectivity index (χ1) is 7.83. The lowest BCUT2D eigenvalue weighted by molar-refractivity contribution is 1.36. The first-order valence-corrected chi connectivity index (χ1v) is 5.76. The number of hydrogen-bond donors (Lipinski definition) is 1. The normalized spacial score (nSPS) is 10.8. The molecule has 0 radical (unpaired) electrons. The van der Waals surface area contributed by atoms with E-state index in [1.165, 1.54) is 5.39 Å². The zero-order valence-corrected chi connectivity index (χ0v) is 9.24. The summed E-state index contributed by atoms with van der Waals surface area (Å²) in [5.74, 6) is 0.579. The molecule has 0 aliphatic carbocycles. The average Bonchev–Trinajstić information content (AvgIpc) is 2.75. The van der Waals surface area contributed by atoms with Crippen LogP contribution in [0.15, 0.2) is 42.0 Å². The molecule has 2 N–H and O–H groups in total. The Morgan fingerprint density at radius 1 is 1.12 bits per heavy atom. The van der Waals surface area contributed by atoms with Gasteiger partial charge in [0.1, 0.15) is 10.8 Å². The molecule has 3 aromatic rings. The van der Waals surface area contributed by atoms with Crippen molar-refractivity contribution in [1.29, 1.82) is 0 Å². The third-order valence-corrected chi connectivity index (χ3v) is 3.32. The smallest absolute Gasteiger partial charge is 0.135 e. The van der Waals surface area contributed by atoms with Crippen molar-refractivity contribution >= 4 is 27.9 Å². The molecule has 0 amide bonds. The van der Waals surface area contributed by atoms with Crippen LogP contribution in [0.5, 0.6) is 0 Å². The first kappa shape index (κ1) is 9.30. The van der Waals surface area contributed by atoms with Crippen molar-refractivity contribution in [2.24, 2.45) is 0 Å². The molecule has 0 spiro atoms. The predicted molar refractivity (Wildman–Crippen MR) is 67.3 cm³/mol. The SMILES string of the molecule is Nc1csc(-c2ccc3cnccc3c2)n1. The summed E-state index contributed by atoms with van der Waals surface area (Å²) in [6, 6.07) is 8.20. The summed E-state index contributed by atoms with van der Waals surface area (Å²) in [5.41, 5.74) is 6.72. The molecule has 0 saturated carbocycles. The summed E-state index contributed by atoms with van der Waals surface area (Å²) < 4.78 is 0. The second-order valence-electron chi connectivity index (χ2n) is 3.52. The maximum atomic E-state index is 5.62. The summed E-state index contributed by atoms with van der Waals surface area (Å²) in [4.78, 5) is 8.35. The predicted octanol–water partition coefficient (Wildman–Crippen LogP) is 2.94. The summed E-state index contributed by atoms with van der Waals surface area (Å²) in [5, 5.41) is 5.11. The molecule has 0 bridgehead atoms. The van der Waals surface area contributed by atoms with Crippen LogP contribution in [-0.2, 0) is 0 Å². The number of pyridine rings is 1. The number of hydrogen-bond acceptors (Lipinski definition) is 4.